The normalized spacial score (nSPS) is 26.6. The number of benzene rings is 2. The van der Waals surface area contributed by atoms with Crippen LogP contribution in [0.1, 0.15) is 89.1 Å². The minimum absolute atomic E-state index is 0. The van der Waals surface area contributed by atoms with Gasteiger partial charge in [-0.25, -0.2) is 0 Å². The molecule has 12 heteroatoms. The van der Waals surface area contributed by atoms with E-state index in [1.54, 1.807) is 14.2 Å². The zero-order valence-electron chi connectivity index (χ0n) is 30.2. The van der Waals surface area contributed by atoms with Gasteiger partial charge in [-0.3, -0.25) is 14.4 Å². The van der Waals surface area contributed by atoms with Gasteiger partial charge in [-0.1, -0.05) is 27.7 Å². The van der Waals surface area contributed by atoms with Gasteiger partial charge in [-0.2, -0.15) is 8.42 Å². The first-order valence-corrected chi connectivity index (χ1v) is 19.4. The van der Waals surface area contributed by atoms with Gasteiger partial charge in [0, 0.05) is 39.7 Å². The number of hydrogen-bond donors (Lipinski definition) is 5. The Hall–Kier alpha value is -2.61. The second kappa shape index (κ2) is 16.6. The van der Waals surface area contributed by atoms with Crippen molar-refractivity contribution in [1.82, 2.24) is 9.80 Å². The highest BCUT2D eigenvalue weighted by atomic mass is 32.2. The Balaban J connectivity index is 0.000000234. The van der Waals surface area contributed by atoms with Crippen molar-refractivity contribution in [3.8, 4) is 23.0 Å². The molecule has 2 saturated heterocycles. The quantitative estimate of drug-likeness (QED) is 0.251. The molecular weight excluding hydrogens is 648 g/mol. The van der Waals surface area contributed by atoms with Crippen molar-refractivity contribution >= 4 is 10.1 Å². The van der Waals surface area contributed by atoms with Crippen molar-refractivity contribution in [1.29, 1.82) is 0 Å². The molecule has 0 saturated carbocycles. The average molecular weight is 709 g/mol. The minimum Gasteiger partial charge on any atom is -0.504 e. The smallest absolute Gasteiger partial charge is 0.261 e. The lowest BCUT2D eigenvalue weighted by molar-refractivity contribution is -0.0192. The highest BCUT2D eigenvalue weighted by molar-refractivity contribution is 7.85. The summed E-state index contributed by atoms with van der Waals surface area (Å²) in [6, 6.07) is 8.02. The average Bonchev–Trinajstić information content (AvgIpc) is 3.00. The van der Waals surface area contributed by atoms with Crippen molar-refractivity contribution in [2.45, 2.75) is 90.5 Å². The molecule has 0 aromatic heterocycles. The molecule has 49 heavy (non-hydrogen) atoms. The van der Waals surface area contributed by atoms with Crippen LogP contribution < -0.4 is 9.47 Å². The van der Waals surface area contributed by atoms with E-state index in [4.69, 9.17) is 14.0 Å². The van der Waals surface area contributed by atoms with Crippen LogP contribution in [0.3, 0.4) is 0 Å². The first-order chi connectivity index (χ1) is 23.0. The van der Waals surface area contributed by atoms with Gasteiger partial charge in [-0.15, -0.1) is 0 Å². The number of fused-ring (bicyclic) bond motifs is 6. The van der Waals surface area contributed by atoms with Gasteiger partial charge in [-0.05, 0) is 109 Å². The van der Waals surface area contributed by atoms with Crippen LogP contribution in [0.15, 0.2) is 24.3 Å². The zero-order chi connectivity index (χ0) is 36.2. The molecule has 1 unspecified atom stereocenters. The van der Waals surface area contributed by atoms with Crippen LogP contribution in [0.25, 0.3) is 0 Å². The van der Waals surface area contributed by atoms with E-state index in [0.717, 1.165) is 75.8 Å². The van der Waals surface area contributed by atoms with Crippen molar-refractivity contribution in [2.75, 3.05) is 46.7 Å². The molecule has 0 bridgehead atoms. The highest BCUT2D eigenvalue weighted by Crippen LogP contribution is 2.45. The molecule has 0 aliphatic carbocycles. The molecule has 0 radical (unpaired) electrons. The number of rotatable bonds is 6. The fraction of sp³-hybridized carbons (Fsp3) is 0.676. The van der Waals surface area contributed by atoms with Crippen LogP contribution in [0.2, 0.25) is 0 Å². The number of aromatic hydroxyl groups is 2. The molecule has 2 fully saturated rings. The van der Waals surface area contributed by atoms with E-state index >= 15 is 0 Å². The topological polar surface area (TPSA) is 160 Å². The van der Waals surface area contributed by atoms with Gasteiger partial charge in [0.25, 0.3) is 10.1 Å². The lowest BCUT2D eigenvalue weighted by atomic mass is 9.79. The second-order valence-corrected chi connectivity index (χ2v) is 16.6. The Labute approximate surface area is 294 Å². The predicted molar refractivity (Wildman–Crippen MR) is 192 cm³/mol. The Morgan fingerprint density at radius 1 is 0.755 bits per heavy atom. The van der Waals surface area contributed by atoms with Gasteiger partial charge in [0.2, 0.25) is 0 Å². The summed E-state index contributed by atoms with van der Waals surface area (Å²) in [5, 5.41) is 41.3. The Kier molecular flexibility index (Phi) is 13.3. The molecular formula is C37H60N2O9S. The Morgan fingerprint density at radius 3 is 1.41 bits per heavy atom. The highest BCUT2D eigenvalue weighted by Gasteiger charge is 2.40. The van der Waals surface area contributed by atoms with Crippen molar-refractivity contribution in [2.24, 2.45) is 23.7 Å². The van der Waals surface area contributed by atoms with E-state index in [9.17, 15) is 28.8 Å². The van der Waals surface area contributed by atoms with Crippen molar-refractivity contribution < 1.29 is 44.3 Å². The lowest BCUT2D eigenvalue weighted by Gasteiger charge is -2.46. The third-order valence-corrected chi connectivity index (χ3v) is 10.3. The molecule has 4 aliphatic rings. The van der Waals surface area contributed by atoms with Crippen LogP contribution in [0.4, 0.5) is 0 Å². The summed E-state index contributed by atoms with van der Waals surface area (Å²) in [4.78, 5) is 4.96. The van der Waals surface area contributed by atoms with E-state index in [1.807, 2.05) is 24.3 Å². The summed E-state index contributed by atoms with van der Waals surface area (Å²) < 4.78 is 36.3. The fourth-order valence-electron chi connectivity index (χ4n) is 8.22. The van der Waals surface area contributed by atoms with Crippen molar-refractivity contribution in [3.05, 3.63) is 46.5 Å². The lowest BCUT2D eigenvalue weighted by Crippen LogP contribution is -2.48. The number of piperidine rings is 2. The molecule has 4 aliphatic heterocycles. The first-order valence-electron chi connectivity index (χ1n) is 17.5. The number of ether oxygens (including phenoxy) is 2. The standard InChI is InChI=1S/2C18H27NO3.CH4O3S.H2/c2*1-11(2)6-13-10-19-5-4-12-7-18(22-3)17(21)8-14(12)15(19)9-16(13)20;1-5(2,3)4;/h2*7-8,11,13,15-16,20-21H,4-6,9-10H2,1-3H3;1H3,(H,2,3,4);1H/t13?,15-,16+;13-,15+,16-;;/m10../s1. The summed E-state index contributed by atoms with van der Waals surface area (Å²) in [5.41, 5.74) is 4.80. The fourth-order valence-corrected chi connectivity index (χ4v) is 8.22. The maximum absolute atomic E-state index is 10.5. The van der Waals surface area contributed by atoms with E-state index in [0.29, 0.717) is 41.4 Å². The molecule has 11 nitrogen and oxygen atoms in total. The van der Waals surface area contributed by atoms with Crippen LogP contribution in [0.5, 0.6) is 23.0 Å². The van der Waals surface area contributed by atoms with Gasteiger partial charge >= 0.3 is 0 Å². The zero-order valence-corrected chi connectivity index (χ0v) is 31.0. The Morgan fingerprint density at radius 2 is 1.10 bits per heavy atom. The van der Waals surface area contributed by atoms with Gasteiger partial charge in [0.1, 0.15) is 0 Å². The molecule has 2 aromatic rings. The second-order valence-electron chi connectivity index (χ2n) is 15.1. The number of nitrogens with zero attached hydrogens (tertiary/aromatic N) is 2. The number of phenols is 2. The molecule has 0 amide bonds. The Bertz CT molecular complexity index is 1420. The third kappa shape index (κ3) is 10.2. The molecule has 5 N–H and O–H groups in total. The van der Waals surface area contributed by atoms with E-state index in [1.165, 1.54) is 11.1 Å². The summed E-state index contributed by atoms with van der Waals surface area (Å²) >= 11 is 0. The number of phenolic OH excluding ortho intramolecular Hbond substituents is 2. The number of hydrogen-bond acceptors (Lipinski definition) is 10. The van der Waals surface area contributed by atoms with Crippen LogP contribution in [-0.2, 0) is 23.0 Å². The number of aliphatic hydroxyl groups excluding tert-OH is 2. The van der Waals surface area contributed by atoms with Crippen molar-refractivity contribution in [3.63, 3.8) is 0 Å². The van der Waals surface area contributed by atoms with Crippen LogP contribution in [-0.4, -0.2) is 102 Å². The van der Waals surface area contributed by atoms with Crippen LogP contribution in [0, 0.1) is 23.7 Å². The molecule has 278 valence electrons. The van der Waals surface area contributed by atoms with Crippen LogP contribution >= 0.6 is 0 Å². The molecule has 2 aromatic carbocycles. The molecule has 6 rings (SSSR count). The minimum atomic E-state index is -3.67. The SMILES string of the molecule is COc1cc2c(cc1O)[C@H]1C[C@H](O)C(CC(C)C)CN1CC2.COc1cc2c(cc1O)[C@H]1C[C@H](O)[C@@H](CC(C)C)CN1CC2.CS(=O)(=O)O.[HH]. The van der Waals surface area contributed by atoms with Gasteiger partial charge < -0.3 is 29.9 Å². The maximum Gasteiger partial charge on any atom is 0.261 e. The summed E-state index contributed by atoms with van der Waals surface area (Å²) in [5.74, 6) is 3.43. The summed E-state index contributed by atoms with van der Waals surface area (Å²) in [6.45, 7) is 12.8. The van der Waals surface area contributed by atoms with Gasteiger partial charge in [0.15, 0.2) is 23.0 Å². The number of methoxy groups -OCH3 is 2. The summed E-state index contributed by atoms with van der Waals surface area (Å²) in [6.07, 6.45) is 5.84. The van der Waals surface area contributed by atoms with E-state index < -0.39 is 10.1 Å². The molecule has 0 spiro atoms. The molecule has 4 heterocycles. The van der Waals surface area contributed by atoms with E-state index in [-0.39, 0.29) is 37.2 Å². The monoisotopic (exact) mass is 708 g/mol. The van der Waals surface area contributed by atoms with Gasteiger partial charge in [0.05, 0.1) is 32.7 Å². The first kappa shape index (κ1) is 39.2. The maximum atomic E-state index is 10.5. The third-order valence-electron chi connectivity index (χ3n) is 10.3. The molecule has 6 atom stereocenters. The summed E-state index contributed by atoms with van der Waals surface area (Å²) in [7, 11) is -0.505. The largest absolute Gasteiger partial charge is 0.504 e. The predicted octanol–water partition coefficient (Wildman–Crippen LogP) is 5.20. The number of aliphatic hydroxyl groups is 2. The van der Waals surface area contributed by atoms with E-state index in [2.05, 4.69) is 37.5 Å².